The van der Waals surface area contributed by atoms with E-state index in [0.717, 1.165) is 47.8 Å². The molecule has 5 rings (SSSR count). The number of carbonyl (C=O) groups excluding carboxylic acids is 1. The summed E-state index contributed by atoms with van der Waals surface area (Å²) >= 11 is 0. The minimum absolute atomic E-state index is 0.102. The number of aromatic nitrogens is 3. The number of aliphatic hydroxyl groups excluding tert-OH is 1. The van der Waals surface area contributed by atoms with Crippen LogP contribution < -0.4 is 5.32 Å². The lowest BCUT2D eigenvalue weighted by Gasteiger charge is -2.33. The van der Waals surface area contributed by atoms with Gasteiger partial charge in [-0.1, -0.05) is 6.42 Å². The molecule has 1 fully saturated rings. The zero-order valence-corrected chi connectivity index (χ0v) is 17.9. The molecule has 0 aliphatic heterocycles. The molecule has 1 atom stereocenters. The highest BCUT2D eigenvalue weighted by Gasteiger charge is 2.31. The van der Waals surface area contributed by atoms with Gasteiger partial charge < -0.3 is 15.0 Å². The summed E-state index contributed by atoms with van der Waals surface area (Å²) in [4.78, 5) is 17.4. The van der Waals surface area contributed by atoms with E-state index in [1.54, 1.807) is 29.1 Å². The van der Waals surface area contributed by atoms with Crippen LogP contribution in [-0.4, -0.2) is 37.8 Å². The molecular formula is C24H23F3N4O2. The zero-order chi connectivity index (χ0) is 23.3. The van der Waals surface area contributed by atoms with Crippen LogP contribution in [0.4, 0.5) is 13.2 Å². The molecule has 0 radical (unpaired) electrons. The first-order valence-corrected chi connectivity index (χ1v) is 10.8. The third kappa shape index (κ3) is 3.66. The van der Waals surface area contributed by atoms with Crippen molar-refractivity contribution in [1.29, 1.82) is 0 Å². The Labute approximate surface area is 187 Å². The number of benzene rings is 2. The molecule has 0 unspecified atom stereocenters. The molecular weight excluding hydrogens is 433 g/mol. The third-order valence-corrected chi connectivity index (χ3v) is 6.57. The number of aryl methyl sites for hydroxylation is 1. The average Bonchev–Trinajstić information content (AvgIpc) is 3.28. The van der Waals surface area contributed by atoms with Crippen LogP contribution in [0.5, 0.6) is 0 Å². The Morgan fingerprint density at radius 1 is 1.21 bits per heavy atom. The molecule has 1 saturated carbocycles. The first-order chi connectivity index (χ1) is 15.8. The molecule has 0 bridgehead atoms. The van der Waals surface area contributed by atoms with Crippen molar-refractivity contribution in [3.8, 4) is 5.69 Å². The molecule has 33 heavy (non-hydrogen) atoms. The number of nitrogens with zero attached hydrogens (tertiary/aromatic N) is 3. The molecule has 1 aliphatic rings. The van der Waals surface area contributed by atoms with Crippen molar-refractivity contribution in [2.45, 2.75) is 31.5 Å². The molecule has 6 nitrogen and oxygen atoms in total. The molecule has 2 aromatic heterocycles. The third-order valence-electron chi connectivity index (χ3n) is 6.57. The van der Waals surface area contributed by atoms with Gasteiger partial charge in [0, 0.05) is 23.7 Å². The van der Waals surface area contributed by atoms with E-state index < -0.39 is 11.7 Å². The lowest BCUT2D eigenvalue weighted by Crippen LogP contribution is -2.45. The second-order valence-electron chi connectivity index (χ2n) is 8.59. The van der Waals surface area contributed by atoms with Crippen LogP contribution in [0.15, 0.2) is 48.8 Å². The van der Waals surface area contributed by atoms with E-state index in [1.165, 1.54) is 12.1 Å². The van der Waals surface area contributed by atoms with E-state index in [-0.39, 0.29) is 18.6 Å². The minimum atomic E-state index is -4.41. The highest BCUT2D eigenvalue weighted by atomic mass is 19.4. The molecule has 9 heteroatoms. The normalized spacial score (nSPS) is 15.7. The maximum Gasteiger partial charge on any atom is 0.416 e. The number of fused-ring (bicyclic) bond motifs is 3. The SMILES string of the molecule is Cn1cnc2c1c1cc(C(=O)N[C@@H](CO)C3CCC3)ccc1n2-c1ccc(C(F)(F)F)cc1. The van der Waals surface area contributed by atoms with Gasteiger partial charge in [-0.05, 0) is 61.2 Å². The fraction of sp³-hybridized carbons (Fsp3) is 0.333. The Bertz CT molecular complexity index is 1330. The molecule has 1 amide bonds. The highest BCUT2D eigenvalue weighted by Crippen LogP contribution is 2.34. The number of alkyl halides is 3. The summed E-state index contributed by atoms with van der Waals surface area (Å²) in [6, 6.07) is 9.90. The molecule has 4 aromatic rings. The summed E-state index contributed by atoms with van der Waals surface area (Å²) in [6.07, 6.45) is 0.326. The van der Waals surface area contributed by atoms with Crippen molar-refractivity contribution < 1.29 is 23.1 Å². The fourth-order valence-electron chi connectivity index (χ4n) is 4.54. The Morgan fingerprint density at radius 3 is 2.55 bits per heavy atom. The topological polar surface area (TPSA) is 72.1 Å². The van der Waals surface area contributed by atoms with Gasteiger partial charge in [0.25, 0.3) is 5.91 Å². The van der Waals surface area contributed by atoms with Crippen molar-refractivity contribution in [3.63, 3.8) is 0 Å². The first kappa shape index (κ1) is 21.5. The van der Waals surface area contributed by atoms with Crippen molar-refractivity contribution >= 4 is 28.0 Å². The predicted octanol–water partition coefficient (Wildman–Crippen LogP) is 4.43. The number of carbonyl (C=O) groups is 1. The standard InChI is InChI=1S/C24H23F3N4O2/c1-30-13-28-22-21(30)18-11-15(23(33)29-19(12-32)14-3-2-4-14)5-10-20(18)31(22)17-8-6-16(7-9-17)24(25,26)27/h5-11,13-14,19,32H,2-4,12H2,1H3,(H,29,33)/t19-/m0/s1. The maximum atomic E-state index is 13.0. The van der Waals surface area contributed by atoms with Gasteiger partial charge in [-0.15, -0.1) is 0 Å². The average molecular weight is 456 g/mol. The van der Waals surface area contributed by atoms with E-state index in [4.69, 9.17) is 0 Å². The van der Waals surface area contributed by atoms with Gasteiger partial charge in [0.1, 0.15) is 0 Å². The Balaban J connectivity index is 1.57. The number of amides is 1. The van der Waals surface area contributed by atoms with Gasteiger partial charge in [-0.3, -0.25) is 9.36 Å². The first-order valence-electron chi connectivity index (χ1n) is 10.8. The number of imidazole rings is 1. The monoisotopic (exact) mass is 456 g/mol. The van der Waals surface area contributed by atoms with Gasteiger partial charge in [0.15, 0.2) is 5.65 Å². The van der Waals surface area contributed by atoms with Crippen LogP contribution in [0.1, 0.15) is 35.2 Å². The summed E-state index contributed by atoms with van der Waals surface area (Å²) < 4.78 is 42.6. The van der Waals surface area contributed by atoms with Crippen molar-refractivity contribution in [3.05, 3.63) is 59.9 Å². The van der Waals surface area contributed by atoms with E-state index in [0.29, 0.717) is 22.8 Å². The largest absolute Gasteiger partial charge is 0.416 e. The minimum Gasteiger partial charge on any atom is -0.394 e. The Kier molecular flexibility index (Phi) is 5.16. The Morgan fingerprint density at radius 2 is 1.94 bits per heavy atom. The van der Waals surface area contributed by atoms with E-state index in [1.807, 2.05) is 11.6 Å². The molecule has 0 spiro atoms. The highest BCUT2D eigenvalue weighted by molar-refractivity contribution is 6.09. The van der Waals surface area contributed by atoms with Gasteiger partial charge in [0.05, 0.1) is 35.6 Å². The van der Waals surface area contributed by atoms with Crippen molar-refractivity contribution in [1.82, 2.24) is 19.4 Å². The van der Waals surface area contributed by atoms with Gasteiger partial charge >= 0.3 is 6.18 Å². The lowest BCUT2D eigenvalue weighted by molar-refractivity contribution is -0.137. The molecule has 2 heterocycles. The predicted molar refractivity (Wildman–Crippen MR) is 118 cm³/mol. The van der Waals surface area contributed by atoms with Crippen LogP contribution in [-0.2, 0) is 13.2 Å². The number of aliphatic hydroxyl groups is 1. The number of hydrogen-bond donors (Lipinski definition) is 2. The summed E-state index contributed by atoms with van der Waals surface area (Å²) in [5.41, 5.74) is 2.38. The van der Waals surface area contributed by atoms with Crippen molar-refractivity contribution in [2.24, 2.45) is 13.0 Å². The van der Waals surface area contributed by atoms with Crippen LogP contribution in [0.25, 0.3) is 27.8 Å². The maximum absolute atomic E-state index is 13.0. The molecule has 0 saturated heterocycles. The van der Waals surface area contributed by atoms with Crippen LogP contribution in [0.2, 0.25) is 0 Å². The molecule has 2 N–H and O–H groups in total. The second kappa shape index (κ2) is 7.91. The summed E-state index contributed by atoms with van der Waals surface area (Å²) in [5, 5.41) is 13.4. The smallest absolute Gasteiger partial charge is 0.394 e. The zero-order valence-electron chi connectivity index (χ0n) is 17.9. The van der Waals surface area contributed by atoms with Crippen LogP contribution >= 0.6 is 0 Å². The Hall–Kier alpha value is -3.33. The second-order valence-corrected chi connectivity index (χ2v) is 8.59. The van der Waals surface area contributed by atoms with Crippen molar-refractivity contribution in [2.75, 3.05) is 6.61 Å². The number of nitrogens with one attached hydrogen (secondary N) is 1. The van der Waals surface area contributed by atoms with Gasteiger partial charge in [0.2, 0.25) is 0 Å². The summed E-state index contributed by atoms with van der Waals surface area (Å²) in [7, 11) is 1.83. The molecule has 1 aliphatic carbocycles. The van der Waals surface area contributed by atoms with Crippen LogP contribution in [0, 0.1) is 5.92 Å². The van der Waals surface area contributed by atoms with Crippen LogP contribution in [0.3, 0.4) is 0 Å². The van der Waals surface area contributed by atoms with Gasteiger partial charge in [-0.25, -0.2) is 4.98 Å². The summed E-state index contributed by atoms with van der Waals surface area (Å²) in [6.45, 7) is -0.102. The van der Waals surface area contributed by atoms with Gasteiger partial charge in [-0.2, -0.15) is 13.2 Å². The molecule has 2 aromatic carbocycles. The van der Waals surface area contributed by atoms with E-state index in [9.17, 15) is 23.1 Å². The number of hydrogen-bond acceptors (Lipinski definition) is 3. The quantitative estimate of drug-likeness (QED) is 0.467. The lowest BCUT2D eigenvalue weighted by atomic mass is 9.80. The van der Waals surface area contributed by atoms with E-state index >= 15 is 0 Å². The molecule has 172 valence electrons. The summed E-state index contributed by atoms with van der Waals surface area (Å²) in [5.74, 6) is 0.0349. The fourth-order valence-corrected chi connectivity index (χ4v) is 4.54. The number of rotatable bonds is 5. The number of halogens is 3. The van der Waals surface area contributed by atoms with E-state index in [2.05, 4.69) is 10.3 Å².